The number of ether oxygens (including phenoxy) is 1. The first-order chi connectivity index (χ1) is 15.9. The van der Waals surface area contributed by atoms with Crippen molar-refractivity contribution < 1.29 is 9.53 Å². The van der Waals surface area contributed by atoms with Gasteiger partial charge in [0.15, 0.2) is 5.82 Å². The summed E-state index contributed by atoms with van der Waals surface area (Å²) in [6.07, 6.45) is 8.37. The highest BCUT2D eigenvalue weighted by molar-refractivity contribution is 5.99. The Hall–Kier alpha value is -3.52. The molecule has 172 valence electrons. The largest absolute Gasteiger partial charge is 0.491 e. The summed E-state index contributed by atoms with van der Waals surface area (Å²) in [6.45, 7) is 7.81. The van der Waals surface area contributed by atoms with Crippen molar-refractivity contribution in [2.45, 2.75) is 45.6 Å². The molecule has 2 aromatic heterocycles. The van der Waals surface area contributed by atoms with Crippen molar-refractivity contribution in [3.8, 4) is 17.0 Å². The third-order valence-corrected chi connectivity index (χ3v) is 5.77. The van der Waals surface area contributed by atoms with Crippen molar-refractivity contribution in [1.29, 1.82) is 0 Å². The monoisotopic (exact) mass is 446 g/mol. The molecule has 4 rings (SSSR count). The number of nitrogens with one attached hydrogen (secondary N) is 3. The zero-order chi connectivity index (χ0) is 23.3. The summed E-state index contributed by atoms with van der Waals surface area (Å²) in [6, 6.07) is 9.17. The summed E-state index contributed by atoms with van der Waals surface area (Å²) in [5.74, 6) is 1.22. The van der Waals surface area contributed by atoms with Crippen LogP contribution in [0.15, 0.2) is 48.9 Å². The smallest absolute Gasteiger partial charge is 0.324 e. The molecule has 0 bridgehead atoms. The minimum atomic E-state index is -0.406. The molecule has 8 nitrogen and oxygen atoms in total. The Bertz CT molecular complexity index is 1110. The van der Waals surface area contributed by atoms with Crippen molar-refractivity contribution in [1.82, 2.24) is 20.3 Å². The molecule has 1 atom stereocenters. The third-order valence-electron chi connectivity index (χ3n) is 5.77. The van der Waals surface area contributed by atoms with Gasteiger partial charge in [0, 0.05) is 16.8 Å². The number of anilines is 2. The number of aryl methyl sites for hydroxylation is 2. The lowest BCUT2D eigenvalue weighted by molar-refractivity contribution is 0.163. The number of pyridine rings is 1. The summed E-state index contributed by atoms with van der Waals surface area (Å²) in [4.78, 5) is 25.2. The summed E-state index contributed by atoms with van der Waals surface area (Å²) in [5, 5.41) is 9.03. The maximum Gasteiger partial charge on any atom is 0.324 e. The summed E-state index contributed by atoms with van der Waals surface area (Å²) < 4.78 is 6.14. The molecule has 0 spiro atoms. The van der Waals surface area contributed by atoms with Gasteiger partial charge in [0.25, 0.3) is 0 Å². The van der Waals surface area contributed by atoms with Gasteiger partial charge >= 0.3 is 6.03 Å². The molecular formula is C25H30N6O2. The van der Waals surface area contributed by atoms with E-state index in [1.807, 2.05) is 38.1 Å². The van der Waals surface area contributed by atoms with Crippen molar-refractivity contribution in [3.05, 3.63) is 60.2 Å². The lowest BCUT2D eigenvalue weighted by Gasteiger charge is -2.34. The number of aromatic nitrogens is 3. The van der Waals surface area contributed by atoms with Gasteiger partial charge < -0.3 is 15.4 Å². The van der Waals surface area contributed by atoms with Crippen LogP contribution < -0.4 is 20.7 Å². The zero-order valence-corrected chi connectivity index (χ0v) is 19.3. The first-order valence-electron chi connectivity index (χ1n) is 11.2. The molecule has 8 heteroatoms. The Labute approximate surface area is 194 Å². The topological polar surface area (TPSA) is 101 Å². The van der Waals surface area contributed by atoms with Gasteiger partial charge in [-0.25, -0.2) is 9.78 Å². The molecule has 0 saturated carbocycles. The highest BCUT2D eigenvalue weighted by atomic mass is 16.5. The van der Waals surface area contributed by atoms with E-state index in [-0.39, 0.29) is 5.54 Å². The molecule has 3 aromatic rings. The number of hydrogen-bond donors (Lipinski definition) is 3. The number of carbonyl (C=O) groups is 1. The summed E-state index contributed by atoms with van der Waals surface area (Å²) >= 11 is 0. The number of urea groups is 1. The van der Waals surface area contributed by atoms with Gasteiger partial charge in [0.1, 0.15) is 12.4 Å². The number of hydrogen-bond acceptors (Lipinski definition) is 6. The van der Waals surface area contributed by atoms with E-state index in [0.717, 1.165) is 35.5 Å². The van der Waals surface area contributed by atoms with Crippen LogP contribution in [0.2, 0.25) is 0 Å². The van der Waals surface area contributed by atoms with E-state index in [9.17, 15) is 4.79 Å². The van der Waals surface area contributed by atoms with Crippen LogP contribution in [0.5, 0.6) is 5.75 Å². The van der Waals surface area contributed by atoms with Crippen LogP contribution in [0.4, 0.5) is 16.3 Å². The lowest BCUT2D eigenvalue weighted by atomic mass is 9.92. The Kier molecular flexibility index (Phi) is 6.84. The number of piperidine rings is 1. The van der Waals surface area contributed by atoms with Crippen molar-refractivity contribution >= 4 is 17.5 Å². The van der Waals surface area contributed by atoms with E-state index in [2.05, 4.69) is 37.8 Å². The Balaban J connectivity index is 1.40. The number of nitrogens with zero attached hydrogens (tertiary/aromatic N) is 3. The van der Waals surface area contributed by atoms with E-state index >= 15 is 0 Å². The van der Waals surface area contributed by atoms with Crippen LogP contribution in [-0.4, -0.2) is 39.7 Å². The molecule has 0 unspecified atom stereocenters. The second-order valence-corrected chi connectivity index (χ2v) is 8.77. The number of carbonyl (C=O) groups excluding carboxylic acids is 1. The predicted molar refractivity (Wildman–Crippen MR) is 130 cm³/mol. The second-order valence-electron chi connectivity index (χ2n) is 8.77. The Morgan fingerprint density at radius 3 is 2.73 bits per heavy atom. The molecule has 1 aromatic carbocycles. The van der Waals surface area contributed by atoms with Gasteiger partial charge in [-0.2, -0.15) is 0 Å². The van der Waals surface area contributed by atoms with Crippen LogP contribution in [-0.2, 0) is 0 Å². The highest BCUT2D eigenvalue weighted by Gasteiger charge is 2.27. The predicted octanol–water partition coefficient (Wildman–Crippen LogP) is 4.71. The Morgan fingerprint density at radius 1 is 1.12 bits per heavy atom. The summed E-state index contributed by atoms with van der Waals surface area (Å²) in [7, 11) is 0. The third kappa shape index (κ3) is 6.04. The quantitative estimate of drug-likeness (QED) is 0.507. The van der Waals surface area contributed by atoms with Gasteiger partial charge in [-0.05, 0) is 76.1 Å². The van der Waals surface area contributed by atoms with Crippen LogP contribution in [0, 0.1) is 13.8 Å². The first kappa shape index (κ1) is 22.7. The molecule has 0 aliphatic carbocycles. The SMILES string of the molecule is Cc1ccc(NC(=O)Nc2cncc(-c3ccc(OC[C@@]4(C)CCCCN4)c(C)c3)n2)cn1. The molecular weight excluding hydrogens is 416 g/mol. The molecule has 3 heterocycles. The van der Waals surface area contributed by atoms with Crippen molar-refractivity contribution in [3.63, 3.8) is 0 Å². The average molecular weight is 447 g/mol. The number of benzene rings is 1. The molecule has 1 aliphatic heterocycles. The average Bonchev–Trinajstić information content (AvgIpc) is 2.80. The fraction of sp³-hybridized carbons (Fsp3) is 0.360. The maximum absolute atomic E-state index is 12.3. The molecule has 1 saturated heterocycles. The molecule has 2 amide bonds. The van der Waals surface area contributed by atoms with E-state index in [4.69, 9.17) is 4.74 Å². The number of rotatable bonds is 6. The van der Waals surface area contributed by atoms with Crippen LogP contribution >= 0.6 is 0 Å². The van der Waals surface area contributed by atoms with E-state index in [0.29, 0.717) is 23.8 Å². The van der Waals surface area contributed by atoms with Crippen LogP contribution in [0.25, 0.3) is 11.3 Å². The van der Waals surface area contributed by atoms with Gasteiger partial charge in [0.2, 0.25) is 0 Å². The standard InChI is InChI=1S/C25H30N6O2/c1-17-12-19(7-9-22(17)33-16-25(3)10-4-5-11-28-25)21-14-26-15-23(30-21)31-24(32)29-20-8-6-18(2)27-13-20/h6-9,12-15,28H,4-5,10-11,16H2,1-3H3,(H2,29,30,31,32)/t25-/m1/s1. The van der Waals surface area contributed by atoms with Crippen LogP contribution in [0.1, 0.15) is 37.4 Å². The fourth-order valence-electron chi connectivity index (χ4n) is 3.84. The highest BCUT2D eigenvalue weighted by Crippen LogP contribution is 2.27. The lowest BCUT2D eigenvalue weighted by Crippen LogP contribution is -2.50. The van der Waals surface area contributed by atoms with Gasteiger partial charge in [-0.3, -0.25) is 15.3 Å². The fourth-order valence-corrected chi connectivity index (χ4v) is 3.84. The molecule has 3 N–H and O–H groups in total. The second kappa shape index (κ2) is 9.95. The van der Waals surface area contributed by atoms with Crippen LogP contribution in [0.3, 0.4) is 0 Å². The van der Waals surface area contributed by atoms with Gasteiger partial charge in [-0.15, -0.1) is 0 Å². The van der Waals surface area contributed by atoms with E-state index < -0.39 is 6.03 Å². The Morgan fingerprint density at radius 2 is 2.00 bits per heavy atom. The maximum atomic E-state index is 12.3. The molecule has 33 heavy (non-hydrogen) atoms. The normalized spacial score (nSPS) is 17.9. The van der Waals surface area contributed by atoms with Crippen molar-refractivity contribution in [2.24, 2.45) is 0 Å². The molecule has 1 aliphatic rings. The van der Waals surface area contributed by atoms with Gasteiger partial charge in [-0.1, -0.05) is 6.42 Å². The van der Waals surface area contributed by atoms with Crippen molar-refractivity contribution in [2.75, 3.05) is 23.8 Å². The zero-order valence-electron chi connectivity index (χ0n) is 19.3. The minimum Gasteiger partial charge on any atom is -0.491 e. The summed E-state index contributed by atoms with van der Waals surface area (Å²) in [5.41, 5.74) is 4.10. The van der Waals surface area contributed by atoms with E-state index in [1.54, 1.807) is 18.5 Å². The first-order valence-corrected chi connectivity index (χ1v) is 11.2. The number of amides is 2. The minimum absolute atomic E-state index is 0.0179. The molecule has 0 radical (unpaired) electrons. The molecule has 1 fully saturated rings. The van der Waals surface area contributed by atoms with E-state index in [1.165, 1.54) is 19.0 Å². The van der Waals surface area contributed by atoms with Gasteiger partial charge in [0.05, 0.1) is 30.0 Å².